The Kier molecular flexibility index (Phi) is 6.93. The minimum atomic E-state index is -0.998. The molecule has 6 heterocycles. The third kappa shape index (κ3) is 5.07. The molecule has 3 aliphatic rings. The van der Waals surface area contributed by atoms with E-state index < -0.39 is 5.79 Å². The average Bonchev–Trinajstić information content (AvgIpc) is 3.70. The van der Waals surface area contributed by atoms with Gasteiger partial charge in [0.25, 0.3) is 5.79 Å². The van der Waals surface area contributed by atoms with Crippen molar-refractivity contribution in [1.82, 2.24) is 28.8 Å². The summed E-state index contributed by atoms with van der Waals surface area (Å²) < 4.78 is 25.2. The zero-order valence-corrected chi connectivity index (χ0v) is 25.7. The van der Waals surface area contributed by atoms with Crippen LogP contribution in [0.3, 0.4) is 0 Å². The lowest BCUT2D eigenvalue weighted by molar-refractivity contribution is -0.0722. The third-order valence-corrected chi connectivity index (χ3v) is 9.68. The van der Waals surface area contributed by atoms with Crippen molar-refractivity contribution < 1.29 is 14.2 Å². The maximum atomic E-state index is 11.7. The lowest BCUT2D eigenvalue weighted by Gasteiger charge is -2.33. The second kappa shape index (κ2) is 11.0. The van der Waals surface area contributed by atoms with Crippen LogP contribution in [0.2, 0.25) is 5.02 Å². The van der Waals surface area contributed by atoms with Crippen LogP contribution < -0.4 is 14.3 Å². The number of likely N-dealkylation sites (tertiary alicyclic amines) is 1. The molecule has 0 amide bonds. The zero-order chi connectivity index (χ0) is 29.8. The smallest absolute Gasteiger partial charge is 0.323 e. The SMILES string of the molecule is CC1(c2ccc(Cl)cn2)Oc2cccc(C3CCN(Cc4nc5ccc(-c6nsc(=O)[nH]6)cc5n4C[C@@H]4CCO4)CC3)c2O1. The van der Waals surface area contributed by atoms with Gasteiger partial charge in [-0.2, -0.15) is 4.37 Å². The van der Waals surface area contributed by atoms with Crippen molar-refractivity contribution in [3.63, 3.8) is 0 Å². The van der Waals surface area contributed by atoms with Crippen molar-refractivity contribution in [2.45, 2.75) is 57.1 Å². The van der Waals surface area contributed by atoms with Crippen LogP contribution in [0, 0.1) is 0 Å². The molecular formula is C32H31ClN6O4S. The van der Waals surface area contributed by atoms with Gasteiger partial charge in [0.1, 0.15) is 11.5 Å². The fourth-order valence-electron chi connectivity index (χ4n) is 6.45. The summed E-state index contributed by atoms with van der Waals surface area (Å²) in [7, 11) is 0. The van der Waals surface area contributed by atoms with Gasteiger partial charge in [0.15, 0.2) is 17.3 Å². The Morgan fingerprint density at radius 3 is 2.70 bits per heavy atom. The summed E-state index contributed by atoms with van der Waals surface area (Å²) >= 11 is 6.99. The number of piperidine rings is 1. The molecule has 1 unspecified atom stereocenters. The summed E-state index contributed by atoms with van der Waals surface area (Å²) in [5.74, 6) is 2.53. The average molecular weight is 631 g/mol. The van der Waals surface area contributed by atoms with E-state index in [2.05, 4.69) is 35.9 Å². The van der Waals surface area contributed by atoms with Crippen LogP contribution in [0.5, 0.6) is 11.5 Å². The van der Waals surface area contributed by atoms with Crippen molar-refractivity contribution in [2.24, 2.45) is 0 Å². The Labute approximate surface area is 262 Å². The number of fused-ring (bicyclic) bond motifs is 2. The molecule has 0 aliphatic carbocycles. The van der Waals surface area contributed by atoms with Crippen LogP contribution in [-0.4, -0.2) is 54.6 Å². The van der Waals surface area contributed by atoms with Gasteiger partial charge < -0.3 is 18.8 Å². The highest BCUT2D eigenvalue weighted by Gasteiger charge is 2.42. The monoisotopic (exact) mass is 630 g/mol. The molecule has 10 nitrogen and oxygen atoms in total. The number of pyridine rings is 1. The largest absolute Gasteiger partial charge is 0.443 e. The van der Waals surface area contributed by atoms with Crippen LogP contribution in [0.1, 0.15) is 49.2 Å². The first-order valence-electron chi connectivity index (χ1n) is 14.9. The number of imidazole rings is 1. The summed E-state index contributed by atoms with van der Waals surface area (Å²) in [5.41, 5.74) is 4.71. The molecule has 5 aromatic rings. The predicted molar refractivity (Wildman–Crippen MR) is 167 cm³/mol. The number of hydrogen-bond acceptors (Lipinski definition) is 9. The fourth-order valence-corrected chi connectivity index (χ4v) is 7.03. The molecule has 2 aromatic carbocycles. The van der Waals surface area contributed by atoms with E-state index in [-0.39, 0.29) is 11.0 Å². The van der Waals surface area contributed by atoms with E-state index >= 15 is 0 Å². The van der Waals surface area contributed by atoms with E-state index in [1.54, 1.807) is 12.3 Å². The number of hydrogen-bond donors (Lipinski definition) is 1. The molecule has 0 saturated carbocycles. The van der Waals surface area contributed by atoms with Crippen LogP contribution in [-0.2, 0) is 23.6 Å². The Morgan fingerprint density at radius 1 is 1.11 bits per heavy atom. The number of rotatable bonds is 7. The molecule has 8 rings (SSSR count). The number of aromatic nitrogens is 5. The maximum absolute atomic E-state index is 11.7. The van der Waals surface area contributed by atoms with Crippen molar-refractivity contribution in [1.29, 1.82) is 0 Å². The van der Waals surface area contributed by atoms with Crippen molar-refractivity contribution in [3.8, 4) is 22.9 Å². The number of halogens is 1. The molecular weight excluding hydrogens is 600 g/mol. The van der Waals surface area contributed by atoms with Crippen LogP contribution in [0.25, 0.3) is 22.4 Å². The van der Waals surface area contributed by atoms with E-state index in [0.29, 0.717) is 22.5 Å². The van der Waals surface area contributed by atoms with Gasteiger partial charge in [0, 0.05) is 42.4 Å². The van der Waals surface area contributed by atoms with E-state index in [9.17, 15) is 4.79 Å². The van der Waals surface area contributed by atoms with E-state index in [1.807, 2.05) is 37.3 Å². The van der Waals surface area contributed by atoms with Gasteiger partial charge in [0.2, 0.25) is 0 Å². The van der Waals surface area contributed by atoms with Gasteiger partial charge in [-0.3, -0.25) is 19.7 Å². The molecule has 226 valence electrons. The number of benzene rings is 2. The maximum Gasteiger partial charge on any atom is 0.323 e. The number of aromatic amines is 1. The molecule has 1 N–H and O–H groups in total. The third-order valence-electron chi connectivity index (χ3n) is 8.92. The van der Waals surface area contributed by atoms with Gasteiger partial charge in [-0.1, -0.05) is 23.7 Å². The number of H-pyrrole nitrogens is 1. The van der Waals surface area contributed by atoms with Crippen LogP contribution in [0.4, 0.5) is 0 Å². The van der Waals surface area contributed by atoms with Crippen molar-refractivity contribution >= 4 is 34.2 Å². The number of ether oxygens (including phenoxy) is 3. The second-order valence-electron chi connectivity index (χ2n) is 11.8. The quantitative estimate of drug-likeness (QED) is 0.244. The summed E-state index contributed by atoms with van der Waals surface area (Å²) in [6.45, 7) is 6.10. The van der Waals surface area contributed by atoms with Crippen LogP contribution >= 0.6 is 23.1 Å². The standard InChI is InChI=1S/C32H31ClN6O4S/c1-32(27-8-6-21(33)16-34-27)42-26-4-2-3-23(29(26)43-32)19-9-12-38(13-10-19)18-28-35-24-7-5-20(30-36-31(40)44-37-30)15-25(24)39(28)17-22-11-14-41-22/h2-8,15-16,19,22H,9-14,17-18H2,1H3,(H,36,37,40)/t22-,32?/m0/s1. The Balaban J connectivity index is 1.00. The highest BCUT2D eigenvalue weighted by molar-refractivity contribution is 7.03. The summed E-state index contributed by atoms with van der Waals surface area (Å²) in [5, 5.41) is 0.574. The van der Waals surface area contributed by atoms with Gasteiger partial charge in [-0.05, 0) is 74.7 Å². The number of nitrogens with zero attached hydrogens (tertiary/aromatic N) is 5. The van der Waals surface area contributed by atoms with Crippen molar-refractivity contribution in [2.75, 3.05) is 19.7 Å². The van der Waals surface area contributed by atoms with Gasteiger partial charge >= 0.3 is 4.87 Å². The highest BCUT2D eigenvalue weighted by atomic mass is 35.5. The van der Waals surface area contributed by atoms with E-state index in [0.717, 1.165) is 97.5 Å². The lowest BCUT2D eigenvalue weighted by atomic mass is 9.88. The topological polar surface area (TPSA) is 107 Å². The molecule has 12 heteroatoms. The Morgan fingerprint density at radius 2 is 1.98 bits per heavy atom. The van der Waals surface area contributed by atoms with Gasteiger partial charge in [0.05, 0.1) is 35.2 Å². The fraction of sp³-hybridized carbons (Fsp3) is 0.375. The molecule has 2 fully saturated rings. The minimum absolute atomic E-state index is 0.160. The minimum Gasteiger partial charge on any atom is -0.443 e. The Hall–Kier alpha value is -3.77. The van der Waals surface area contributed by atoms with Gasteiger partial charge in [-0.25, -0.2) is 4.98 Å². The molecule has 3 aliphatic heterocycles. The first-order chi connectivity index (χ1) is 21.4. The second-order valence-corrected chi connectivity index (χ2v) is 13.0. The molecule has 0 radical (unpaired) electrons. The predicted octanol–water partition coefficient (Wildman–Crippen LogP) is 5.71. The summed E-state index contributed by atoms with van der Waals surface area (Å²) in [4.78, 5) is 26.4. The zero-order valence-electron chi connectivity index (χ0n) is 24.2. The molecule has 3 aromatic heterocycles. The molecule has 0 bridgehead atoms. The Bertz CT molecular complexity index is 1890. The summed E-state index contributed by atoms with van der Waals surface area (Å²) in [6, 6.07) is 15.9. The van der Waals surface area contributed by atoms with Crippen molar-refractivity contribution in [3.05, 3.63) is 86.5 Å². The van der Waals surface area contributed by atoms with E-state index in [4.69, 9.17) is 30.8 Å². The first kappa shape index (κ1) is 27.8. The molecule has 44 heavy (non-hydrogen) atoms. The molecule has 0 spiro atoms. The number of para-hydroxylation sites is 1. The lowest BCUT2D eigenvalue weighted by Crippen LogP contribution is -2.35. The summed E-state index contributed by atoms with van der Waals surface area (Å²) in [6.07, 6.45) is 4.86. The number of nitrogens with one attached hydrogen (secondary N) is 1. The molecule has 2 saturated heterocycles. The van der Waals surface area contributed by atoms with Gasteiger partial charge in [-0.15, -0.1) is 0 Å². The first-order valence-corrected chi connectivity index (χ1v) is 16.1. The molecule has 2 atom stereocenters. The van der Waals surface area contributed by atoms with Crippen LogP contribution in [0.15, 0.2) is 59.5 Å². The normalized spacial score (nSPS) is 22.0. The van der Waals surface area contributed by atoms with E-state index in [1.165, 1.54) is 5.56 Å². The highest BCUT2D eigenvalue weighted by Crippen LogP contribution is 2.49.